The number of ether oxygens (including phenoxy) is 2. The predicted octanol–water partition coefficient (Wildman–Crippen LogP) is 3.12. The van der Waals surface area contributed by atoms with Gasteiger partial charge >= 0.3 is 5.97 Å². The van der Waals surface area contributed by atoms with Crippen LogP contribution in [-0.4, -0.2) is 40.6 Å². The first kappa shape index (κ1) is 18.1. The fourth-order valence-electron chi connectivity index (χ4n) is 4.45. The average Bonchev–Trinajstić information content (AvgIpc) is 2.97. The van der Waals surface area contributed by atoms with Gasteiger partial charge in [-0.2, -0.15) is 0 Å². The minimum absolute atomic E-state index is 0.00960. The number of esters is 1. The SMILES string of the molecule is COC(=O)CN1C(=O)c2ccccc2C12c1ccc(O)cc1Oc1cc(O)ccc12. The fraction of sp³-hybridized carbons (Fsp3) is 0.130. The zero-order valence-corrected chi connectivity index (χ0v) is 16.0. The second kappa shape index (κ2) is 6.25. The van der Waals surface area contributed by atoms with E-state index in [-0.39, 0.29) is 24.0 Å². The molecule has 0 atom stereocenters. The lowest BCUT2D eigenvalue weighted by molar-refractivity contribution is -0.142. The standard InChI is InChI=1S/C23H17NO6/c1-29-21(27)12-24-22(28)15-4-2-3-5-16(15)23(24)17-8-6-13(25)10-19(17)30-20-11-14(26)7-9-18(20)23/h2-11,25-26H,12H2,1H3. The van der Waals surface area contributed by atoms with Gasteiger partial charge in [-0.05, 0) is 35.9 Å². The maximum absolute atomic E-state index is 13.5. The van der Waals surface area contributed by atoms with Crippen LogP contribution in [0.1, 0.15) is 27.0 Å². The average molecular weight is 403 g/mol. The lowest BCUT2D eigenvalue weighted by Gasteiger charge is -2.43. The van der Waals surface area contributed by atoms with Gasteiger partial charge in [0, 0.05) is 28.8 Å². The molecule has 0 bridgehead atoms. The summed E-state index contributed by atoms with van der Waals surface area (Å²) >= 11 is 0. The molecule has 0 radical (unpaired) electrons. The van der Waals surface area contributed by atoms with E-state index in [1.807, 2.05) is 12.1 Å². The van der Waals surface area contributed by atoms with E-state index in [0.29, 0.717) is 33.8 Å². The number of rotatable bonds is 2. The molecule has 30 heavy (non-hydrogen) atoms. The van der Waals surface area contributed by atoms with Crippen LogP contribution in [0.25, 0.3) is 0 Å². The lowest BCUT2D eigenvalue weighted by Crippen LogP contribution is -2.49. The van der Waals surface area contributed by atoms with Crippen molar-refractivity contribution in [3.05, 3.63) is 82.9 Å². The van der Waals surface area contributed by atoms with E-state index in [4.69, 9.17) is 9.47 Å². The van der Waals surface area contributed by atoms with Gasteiger partial charge < -0.3 is 24.6 Å². The van der Waals surface area contributed by atoms with Gasteiger partial charge in [-0.15, -0.1) is 0 Å². The number of phenols is 2. The highest BCUT2D eigenvalue weighted by molar-refractivity contribution is 6.03. The molecule has 2 N–H and O–H groups in total. The number of amides is 1. The Labute approximate surface area is 171 Å². The number of methoxy groups -OCH3 is 1. The van der Waals surface area contributed by atoms with E-state index in [9.17, 15) is 19.8 Å². The number of benzene rings is 3. The molecule has 1 spiro atoms. The molecular weight excluding hydrogens is 386 g/mol. The Bertz CT molecular complexity index is 1170. The van der Waals surface area contributed by atoms with Crippen molar-refractivity contribution in [1.29, 1.82) is 0 Å². The van der Waals surface area contributed by atoms with E-state index >= 15 is 0 Å². The monoisotopic (exact) mass is 403 g/mol. The van der Waals surface area contributed by atoms with Crippen LogP contribution in [0, 0.1) is 0 Å². The Balaban J connectivity index is 1.91. The highest BCUT2D eigenvalue weighted by Gasteiger charge is 2.56. The molecule has 0 aliphatic carbocycles. The van der Waals surface area contributed by atoms with E-state index in [2.05, 4.69) is 0 Å². The summed E-state index contributed by atoms with van der Waals surface area (Å²) < 4.78 is 10.8. The molecule has 3 aromatic rings. The van der Waals surface area contributed by atoms with Crippen LogP contribution < -0.4 is 4.74 Å². The van der Waals surface area contributed by atoms with Crippen molar-refractivity contribution < 1.29 is 29.3 Å². The predicted molar refractivity (Wildman–Crippen MR) is 106 cm³/mol. The lowest BCUT2D eigenvalue weighted by atomic mass is 9.74. The molecule has 2 aliphatic heterocycles. The molecule has 2 heterocycles. The van der Waals surface area contributed by atoms with Crippen molar-refractivity contribution in [2.45, 2.75) is 5.54 Å². The maximum atomic E-state index is 13.5. The number of nitrogens with zero attached hydrogens (tertiary/aromatic N) is 1. The summed E-state index contributed by atoms with van der Waals surface area (Å²) in [5.74, 6) is -0.257. The van der Waals surface area contributed by atoms with E-state index in [0.717, 1.165) is 0 Å². The van der Waals surface area contributed by atoms with E-state index in [1.165, 1.54) is 36.3 Å². The number of carbonyl (C=O) groups is 2. The largest absolute Gasteiger partial charge is 0.508 e. The number of aromatic hydroxyl groups is 2. The molecule has 0 unspecified atom stereocenters. The van der Waals surface area contributed by atoms with Gasteiger partial charge in [0.05, 0.1) is 7.11 Å². The number of fused-ring (bicyclic) bond motifs is 6. The van der Waals surface area contributed by atoms with Crippen molar-refractivity contribution in [2.75, 3.05) is 13.7 Å². The summed E-state index contributed by atoms with van der Waals surface area (Å²) in [6.45, 7) is -0.287. The quantitative estimate of drug-likeness (QED) is 0.639. The molecule has 2 aliphatic rings. The Kier molecular flexibility index (Phi) is 3.76. The van der Waals surface area contributed by atoms with Crippen molar-refractivity contribution in [1.82, 2.24) is 4.90 Å². The van der Waals surface area contributed by atoms with E-state index in [1.54, 1.807) is 24.3 Å². The first-order valence-electron chi connectivity index (χ1n) is 9.30. The third-order valence-electron chi connectivity index (χ3n) is 5.64. The molecule has 7 nitrogen and oxygen atoms in total. The molecular formula is C23H17NO6. The van der Waals surface area contributed by atoms with Crippen LogP contribution in [0.3, 0.4) is 0 Å². The van der Waals surface area contributed by atoms with Gasteiger partial charge in [-0.1, -0.05) is 18.2 Å². The second-order valence-corrected chi connectivity index (χ2v) is 7.19. The molecule has 0 saturated carbocycles. The van der Waals surface area contributed by atoms with Crippen LogP contribution in [-0.2, 0) is 15.1 Å². The van der Waals surface area contributed by atoms with E-state index < -0.39 is 11.5 Å². The number of hydrogen-bond acceptors (Lipinski definition) is 6. The van der Waals surface area contributed by atoms with Crippen molar-refractivity contribution in [3.8, 4) is 23.0 Å². The number of hydrogen-bond donors (Lipinski definition) is 2. The van der Waals surface area contributed by atoms with Crippen LogP contribution in [0.5, 0.6) is 23.0 Å². The summed E-state index contributed by atoms with van der Waals surface area (Å²) in [7, 11) is 1.27. The van der Waals surface area contributed by atoms with Gasteiger partial charge in [0.25, 0.3) is 5.91 Å². The molecule has 0 saturated heterocycles. The number of phenolic OH excluding ortho intramolecular Hbond substituents is 2. The van der Waals surface area contributed by atoms with Crippen LogP contribution in [0.4, 0.5) is 0 Å². The first-order valence-corrected chi connectivity index (χ1v) is 9.30. The fourth-order valence-corrected chi connectivity index (χ4v) is 4.45. The van der Waals surface area contributed by atoms with Gasteiger partial charge in [0.2, 0.25) is 0 Å². The van der Waals surface area contributed by atoms with Crippen LogP contribution >= 0.6 is 0 Å². The Morgan fingerprint density at radius 2 is 1.57 bits per heavy atom. The Morgan fingerprint density at radius 1 is 0.967 bits per heavy atom. The molecule has 5 rings (SSSR count). The minimum atomic E-state index is -1.19. The summed E-state index contributed by atoms with van der Waals surface area (Å²) in [4.78, 5) is 27.2. The van der Waals surface area contributed by atoms with Gasteiger partial charge in [-0.3, -0.25) is 9.59 Å². The smallest absolute Gasteiger partial charge is 0.325 e. The molecule has 0 fully saturated rings. The number of carbonyl (C=O) groups excluding carboxylic acids is 2. The minimum Gasteiger partial charge on any atom is -0.508 e. The zero-order valence-electron chi connectivity index (χ0n) is 16.0. The summed E-state index contributed by atoms with van der Waals surface area (Å²) in [5, 5.41) is 20.1. The highest BCUT2D eigenvalue weighted by atomic mass is 16.5. The summed E-state index contributed by atoms with van der Waals surface area (Å²) in [6, 6.07) is 16.4. The Morgan fingerprint density at radius 3 is 2.17 bits per heavy atom. The van der Waals surface area contributed by atoms with Crippen molar-refractivity contribution >= 4 is 11.9 Å². The molecule has 3 aromatic carbocycles. The molecule has 1 amide bonds. The molecule has 150 valence electrons. The third kappa shape index (κ3) is 2.26. The highest BCUT2D eigenvalue weighted by Crippen LogP contribution is 2.58. The van der Waals surface area contributed by atoms with Crippen LogP contribution in [0.15, 0.2) is 60.7 Å². The summed E-state index contributed by atoms with van der Waals surface area (Å²) in [6.07, 6.45) is 0. The molecule has 7 heteroatoms. The first-order chi connectivity index (χ1) is 14.5. The van der Waals surface area contributed by atoms with Crippen LogP contribution in [0.2, 0.25) is 0 Å². The Hall–Kier alpha value is -4.00. The van der Waals surface area contributed by atoms with Gasteiger partial charge in [-0.25, -0.2) is 0 Å². The van der Waals surface area contributed by atoms with Gasteiger partial charge in [0.1, 0.15) is 35.1 Å². The van der Waals surface area contributed by atoms with Crippen molar-refractivity contribution in [3.63, 3.8) is 0 Å². The zero-order chi connectivity index (χ0) is 21.0. The summed E-state index contributed by atoms with van der Waals surface area (Å²) in [5.41, 5.74) is 1.15. The topological polar surface area (TPSA) is 96.3 Å². The maximum Gasteiger partial charge on any atom is 0.325 e. The molecule has 0 aromatic heterocycles. The second-order valence-electron chi connectivity index (χ2n) is 7.19. The normalized spacial score (nSPS) is 15.2. The third-order valence-corrected chi connectivity index (χ3v) is 5.64. The van der Waals surface area contributed by atoms with Crippen molar-refractivity contribution in [2.24, 2.45) is 0 Å². The van der Waals surface area contributed by atoms with Gasteiger partial charge in [0.15, 0.2) is 0 Å².